The quantitative estimate of drug-likeness (QED) is 0.270. The summed E-state index contributed by atoms with van der Waals surface area (Å²) in [5, 5.41) is 17.5. The highest BCUT2D eigenvalue weighted by Gasteiger charge is 2.21. The topological polar surface area (TPSA) is 109 Å². The van der Waals surface area contributed by atoms with Crippen LogP contribution in [0.25, 0.3) is 10.9 Å². The minimum absolute atomic E-state index is 0.0566. The predicted molar refractivity (Wildman–Crippen MR) is 156 cm³/mol. The Kier molecular flexibility index (Phi) is 8.72. The third kappa shape index (κ3) is 6.42. The SMILES string of the molecule is CCN(C)C(=O)c1ccc2c(C)cn(C(C)C(=O)Nc3cc(Cn4cc(C)cn4)ccc3CCCC(=O)O)c2c1. The summed E-state index contributed by atoms with van der Waals surface area (Å²) in [7, 11) is 1.77. The predicted octanol–water partition coefficient (Wildman–Crippen LogP) is 5.20. The van der Waals surface area contributed by atoms with Gasteiger partial charge in [-0.3, -0.25) is 19.1 Å². The van der Waals surface area contributed by atoms with Crippen LogP contribution in [-0.2, 0) is 22.6 Å². The number of hydrogen-bond acceptors (Lipinski definition) is 4. The standard InChI is InChI=1S/C31H37N5O4/c1-6-34(5)31(40)25-12-13-26-21(3)18-36(28(26)15-25)22(4)30(39)33-27-14-23(19-35-17-20(2)16-32-35)10-11-24(27)8-7-9-29(37)38/h10-18,22H,6-9,19H2,1-5H3,(H,33,39)(H,37,38). The van der Waals surface area contributed by atoms with Crippen molar-refractivity contribution in [1.29, 1.82) is 0 Å². The van der Waals surface area contributed by atoms with E-state index >= 15 is 0 Å². The zero-order chi connectivity index (χ0) is 29.0. The number of carbonyl (C=O) groups excluding carboxylic acids is 2. The van der Waals surface area contributed by atoms with Crippen LogP contribution in [0.4, 0.5) is 5.69 Å². The van der Waals surface area contributed by atoms with Crippen LogP contribution < -0.4 is 5.32 Å². The van der Waals surface area contributed by atoms with Crippen LogP contribution in [0, 0.1) is 13.8 Å². The van der Waals surface area contributed by atoms with Crippen LogP contribution >= 0.6 is 0 Å². The van der Waals surface area contributed by atoms with E-state index in [0.717, 1.165) is 33.2 Å². The molecule has 2 aromatic carbocycles. The van der Waals surface area contributed by atoms with Crippen molar-refractivity contribution in [3.05, 3.63) is 82.8 Å². The first-order chi connectivity index (χ1) is 19.1. The maximum absolute atomic E-state index is 13.6. The normalized spacial score (nSPS) is 11.9. The van der Waals surface area contributed by atoms with Gasteiger partial charge in [0.05, 0.1) is 12.7 Å². The number of anilines is 1. The van der Waals surface area contributed by atoms with Gasteiger partial charge in [-0.1, -0.05) is 18.2 Å². The van der Waals surface area contributed by atoms with Gasteiger partial charge in [-0.25, -0.2) is 0 Å². The minimum Gasteiger partial charge on any atom is -0.481 e. The number of aromatic nitrogens is 3. The molecule has 0 spiro atoms. The third-order valence-corrected chi connectivity index (χ3v) is 7.27. The number of fused-ring (bicyclic) bond motifs is 1. The number of hydrogen-bond donors (Lipinski definition) is 2. The minimum atomic E-state index is -0.845. The Morgan fingerprint density at radius 1 is 1.10 bits per heavy atom. The highest BCUT2D eigenvalue weighted by Crippen LogP contribution is 2.28. The van der Waals surface area contributed by atoms with Crippen LogP contribution in [-0.4, -0.2) is 55.7 Å². The second kappa shape index (κ2) is 12.2. The number of carboxylic acid groups (broad SMARTS) is 1. The Labute approximate surface area is 234 Å². The summed E-state index contributed by atoms with van der Waals surface area (Å²) >= 11 is 0. The fraction of sp³-hybridized carbons (Fsp3) is 0.355. The van der Waals surface area contributed by atoms with Crippen LogP contribution in [0.2, 0.25) is 0 Å². The van der Waals surface area contributed by atoms with Crippen LogP contribution in [0.5, 0.6) is 0 Å². The number of rotatable bonds is 11. The molecule has 1 atom stereocenters. The van der Waals surface area contributed by atoms with Crippen LogP contribution in [0.15, 0.2) is 55.0 Å². The van der Waals surface area contributed by atoms with Crippen molar-refractivity contribution in [2.75, 3.05) is 18.9 Å². The fourth-order valence-corrected chi connectivity index (χ4v) is 4.83. The molecule has 4 rings (SSSR count). The molecule has 0 fully saturated rings. The van der Waals surface area contributed by atoms with Gasteiger partial charge in [0.1, 0.15) is 6.04 Å². The highest BCUT2D eigenvalue weighted by atomic mass is 16.4. The van der Waals surface area contributed by atoms with E-state index < -0.39 is 12.0 Å². The Morgan fingerprint density at radius 3 is 2.55 bits per heavy atom. The molecule has 1 unspecified atom stereocenters. The van der Waals surface area contributed by atoms with E-state index in [0.29, 0.717) is 37.2 Å². The van der Waals surface area contributed by atoms with Crippen molar-refractivity contribution in [2.45, 2.75) is 59.5 Å². The molecule has 0 saturated heterocycles. The maximum Gasteiger partial charge on any atom is 0.303 e. The van der Waals surface area contributed by atoms with Gasteiger partial charge in [0.2, 0.25) is 5.91 Å². The summed E-state index contributed by atoms with van der Waals surface area (Å²) in [6.07, 6.45) is 6.75. The Bertz CT molecular complexity index is 1550. The van der Waals surface area contributed by atoms with Crippen molar-refractivity contribution in [2.24, 2.45) is 0 Å². The van der Waals surface area contributed by atoms with E-state index in [1.54, 1.807) is 18.1 Å². The van der Waals surface area contributed by atoms with Crippen molar-refractivity contribution >= 4 is 34.4 Å². The van der Waals surface area contributed by atoms with Crippen molar-refractivity contribution in [3.63, 3.8) is 0 Å². The number of carboxylic acids is 1. The van der Waals surface area contributed by atoms with Gasteiger partial charge >= 0.3 is 5.97 Å². The molecule has 0 radical (unpaired) electrons. The summed E-state index contributed by atoms with van der Waals surface area (Å²) in [5.41, 5.74) is 5.99. The first-order valence-corrected chi connectivity index (χ1v) is 13.6. The first-order valence-electron chi connectivity index (χ1n) is 13.6. The third-order valence-electron chi connectivity index (χ3n) is 7.27. The zero-order valence-corrected chi connectivity index (χ0v) is 23.8. The molecule has 9 heteroatoms. The van der Waals surface area contributed by atoms with E-state index in [1.807, 2.05) is 85.7 Å². The van der Waals surface area contributed by atoms with Crippen LogP contribution in [0.3, 0.4) is 0 Å². The number of nitrogens with zero attached hydrogens (tertiary/aromatic N) is 4. The Hall–Kier alpha value is -4.40. The van der Waals surface area contributed by atoms with Gasteiger partial charge in [0.25, 0.3) is 5.91 Å². The largest absolute Gasteiger partial charge is 0.481 e. The summed E-state index contributed by atoms with van der Waals surface area (Å²) < 4.78 is 3.75. The molecule has 0 aliphatic heterocycles. The van der Waals surface area contributed by atoms with Crippen LogP contribution in [0.1, 0.15) is 65.3 Å². The molecule has 2 amide bonds. The number of nitrogens with one attached hydrogen (secondary N) is 1. The van der Waals surface area contributed by atoms with Gasteiger partial charge in [-0.2, -0.15) is 5.10 Å². The van der Waals surface area contributed by atoms with Crippen molar-refractivity contribution in [3.8, 4) is 0 Å². The van der Waals surface area contributed by atoms with Gasteiger partial charge in [0, 0.05) is 54.6 Å². The van der Waals surface area contributed by atoms with Crippen molar-refractivity contribution in [1.82, 2.24) is 19.2 Å². The van der Waals surface area contributed by atoms with E-state index in [2.05, 4.69) is 10.4 Å². The zero-order valence-electron chi connectivity index (χ0n) is 23.8. The molecular weight excluding hydrogens is 506 g/mol. The van der Waals surface area contributed by atoms with Gasteiger partial charge < -0.3 is 19.9 Å². The maximum atomic E-state index is 13.6. The average molecular weight is 544 g/mol. The molecule has 210 valence electrons. The lowest BCUT2D eigenvalue weighted by atomic mass is 10.0. The molecule has 2 heterocycles. The number of aliphatic carboxylic acids is 1. The summed E-state index contributed by atoms with van der Waals surface area (Å²) in [6, 6.07) is 10.9. The van der Waals surface area contributed by atoms with Gasteiger partial charge in [-0.05, 0) is 81.0 Å². The summed E-state index contributed by atoms with van der Waals surface area (Å²) in [5.74, 6) is -1.12. The van der Waals surface area contributed by atoms with E-state index in [1.165, 1.54) is 0 Å². The lowest BCUT2D eigenvalue weighted by Crippen LogP contribution is -2.26. The first kappa shape index (κ1) is 28.6. The highest BCUT2D eigenvalue weighted by molar-refractivity contribution is 6.00. The number of amides is 2. The molecule has 0 saturated carbocycles. The fourth-order valence-electron chi connectivity index (χ4n) is 4.83. The molecule has 2 N–H and O–H groups in total. The monoisotopic (exact) mass is 543 g/mol. The Balaban J connectivity index is 1.62. The van der Waals surface area contributed by atoms with E-state index in [4.69, 9.17) is 5.11 Å². The number of benzene rings is 2. The molecule has 0 aliphatic rings. The molecule has 40 heavy (non-hydrogen) atoms. The summed E-state index contributed by atoms with van der Waals surface area (Å²) in [6.45, 7) is 8.88. The average Bonchev–Trinajstić information content (AvgIpc) is 3.49. The molecule has 0 bridgehead atoms. The van der Waals surface area contributed by atoms with Gasteiger partial charge in [0.15, 0.2) is 0 Å². The number of carbonyl (C=O) groups is 3. The molecule has 9 nitrogen and oxygen atoms in total. The van der Waals surface area contributed by atoms with E-state index in [-0.39, 0.29) is 18.2 Å². The lowest BCUT2D eigenvalue weighted by Gasteiger charge is -2.19. The second-order valence-corrected chi connectivity index (χ2v) is 10.4. The number of aryl methyl sites for hydroxylation is 3. The van der Waals surface area contributed by atoms with Gasteiger partial charge in [-0.15, -0.1) is 0 Å². The second-order valence-electron chi connectivity index (χ2n) is 10.4. The van der Waals surface area contributed by atoms with Crippen molar-refractivity contribution < 1.29 is 19.5 Å². The lowest BCUT2D eigenvalue weighted by molar-refractivity contribution is -0.137. The molecular formula is C31H37N5O4. The molecule has 4 aromatic rings. The molecule has 2 aromatic heterocycles. The smallest absolute Gasteiger partial charge is 0.303 e. The summed E-state index contributed by atoms with van der Waals surface area (Å²) in [4.78, 5) is 39.2. The Morgan fingerprint density at radius 2 is 1.88 bits per heavy atom. The van der Waals surface area contributed by atoms with E-state index in [9.17, 15) is 14.4 Å². The molecule has 0 aliphatic carbocycles.